The number of sulfonamides is 1. The van der Waals surface area contributed by atoms with Gasteiger partial charge in [0.05, 0.1) is 33.6 Å². The topological polar surface area (TPSA) is 113 Å². The third kappa shape index (κ3) is 5.32. The fourth-order valence-electron chi connectivity index (χ4n) is 3.83. The van der Waals surface area contributed by atoms with Crippen LogP contribution in [0.5, 0.6) is 17.2 Å². The van der Waals surface area contributed by atoms with Gasteiger partial charge in [-0.2, -0.15) is 13.5 Å². The van der Waals surface area contributed by atoms with Crippen LogP contribution in [0.2, 0.25) is 0 Å². The zero-order valence-corrected chi connectivity index (χ0v) is 20.0. The van der Waals surface area contributed by atoms with Crippen LogP contribution in [0.25, 0.3) is 0 Å². The molecule has 2 aliphatic rings. The number of amidine groups is 1. The second-order valence-corrected chi connectivity index (χ2v) is 9.43. The summed E-state index contributed by atoms with van der Waals surface area (Å²) in [6.07, 6.45) is 2.33. The standard InChI is InChI=1S/C23H28N4O6S/c1-31-18-5-7-22-19(15-18)23(25-34(22,29)30)27(9-3-8-26-10-12-33-13-11-26)24-16-17-4-6-20(28)21(14-17)32-2/h4-7,14-16,28H,3,8-13H2,1-2H3/b24-16+. The van der Waals surface area contributed by atoms with Crippen molar-refractivity contribution >= 4 is 22.1 Å². The third-order valence-electron chi connectivity index (χ3n) is 5.65. The molecule has 1 fully saturated rings. The molecule has 4 rings (SSSR count). The number of hydrogen-bond donors (Lipinski definition) is 1. The number of methoxy groups -OCH3 is 2. The van der Waals surface area contributed by atoms with E-state index < -0.39 is 10.0 Å². The summed E-state index contributed by atoms with van der Waals surface area (Å²) in [5.74, 6) is 1.12. The van der Waals surface area contributed by atoms with E-state index in [0.29, 0.717) is 42.4 Å². The van der Waals surface area contributed by atoms with Crippen molar-refractivity contribution in [2.45, 2.75) is 11.3 Å². The first kappa shape index (κ1) is 24.0. The van der Waals surface area contributed by atoms with Crippen molar-refractivity contribution in [3.8, 4) is 17.2 Å². The van der Waals surface area contributed by atoms with Gasteiger partial charge in [0.2, 0.25) is 0 Å². The number of morpholine rings is 1. The summed E-state index contributed by atoms with van der Waals surface area (Å²) in [5.41, 5.74) is 1.13. The van der Waals surface area contributed by atoms with Crippen molar-refractivity contribution in [3.63, 3.8) is 0 Å². The molecule has 1 saturated heterocycles. The van der Waals surface area contributed by atoms with E-state index >= 15 is 0 Å². The number of benzene rings is 2. The van der Waals surface area contributed by atoms with Crippen LogP contribution in [0, 0.1) is 0 Å². The van der Waals surface area contributed by atoms with Gasteiger partial charge in [0.25, 0.3) is 10.0 Å². The molecule has 0 unspecified atom stereocenters. The fraction of sp³-hybridized carbons (Fsp3) is 0.391. The van der Waals surface area contributed by atoms with Gasteiger partial charge in [-0.15, -0.1) is 4.40 Å². The van der Waals surface area contributed by atoms with Crippen molar-refractivity contribution in [1.29, 1.82) is 0 Å². The molecule has 0 saturated carbocycles. The maximum atomic E-state index is 12.7. The smallest absolute Gasteiger partial charge is 0.285 e. The molecular weight excluding hydrogens is 460 g/mol. The van der Waals surface area contributed by atoms with Gasteiger partial charge in [-0.3, -0.25) is 4.90 Å². The third-order valence-corrected chi connectivity index (χ3v) is 6.98. The molecule has 10 nitrogen and oxygen atoms in total. The number of phenolic OH excluding ortho intramolecular Hbond substituents is 1. The number of phenols is 1. The summed E-state index contributed by atoms with van der Waals surface area (Å²) in [4.78, 5) is 2.43. The Labute approximate surface area is 199 Å². The monoisotopic (exact) mass is 488 g/mol. The van der Waals surface area contributed by atoms with Crippen LogP contribution >= 0.6 is 0 Å². The number of rotatable bonds is 8. The average molecular weight is 489 g/mol. The second-order valence-electron chi connectivity index (χ2n) is 7.86. The predicted molar refractivity (Wildman–Crippen MR) is 128 cm³/mol. The van der Waals surface area contributed by atoms with Crippen molar-refractivity contribution in [3.05, 3.63) is 47.5 Å². The minimum absolute atomic E-state index is 0.0225. The lowest BCUT2D eigenvalue weighted by Gasteiger charge is -2.27. The second kappa shape index (κ2) is 10.4. The first-order chi connectivity index (χ1) is 16.4. The lowest BCUT2D eigenvalue weighted by atomic mass is 10.2. The first-order valence-corrected chi connectivity index (χ1v) is 12.4. The normalized spacial score (nSPS) is 17.4. The highest BCUT2D eigenvalue weighted by Gasteiger charge is 2.32. The van der Waals surface area contributed by atoms with Crippen molar-refractivity contribution < 1.29 is 27.7 Å². The van der Waals surface area contributed by atoms with Crippen LogP contribution in [-0.2, 0) is 14.8 Å². The number of nitrogens with zero attached hydrogens (tertiary/aromatic N) is 4. The molecular formula is C23H28N4O6S. The van der Waals surface area contributed by atoms with E-state index in [0.717, 1.165) is 26.1 Å². The van der Waals surface area contributed by atoms with Crippen molar-refractivity contribution in [1.82, 2.24) is 9.91 Å². The number of hydrogen-bond acceptors (Lipinski definition) is 9. The van der Waals surface area contributed by atoms with Gasteiger partial charge in [0.1, 0.15) is 10.6 Å². The molecule has 11 heteroatoms. The highest BCUT2D eigenvalue weighted by molar-refractivity contribution is 7.90. The summed E-state index contributed by atoms with van der Waals surface area (Å²) in [6.45, 7) is 4.44. The summed E-state index contributed by atoms with van der Waals surface area (Å²) in [5, 5.41) is 16.0. The van der Waals surface area contributed by atoms with Crippen LogP contribution in [0.15, 0.2) is 50.8 Å². The van der Waals surface area contributed by atoms with E-state index in [1.807, 2.05) is 0 Å². The zero-order chi connectivity index (χ0) is 24.1. The van der Waals surface area contributed by atoms with Gasteiger partial charge >= 0.3 is 0 Å². The highest BCUT2D eigenvalue weighted by Crippen LogP contribution is 2.31. The highest BCUT2D eigenvalue weighted by atomic mass is 32.2. The van der Waals surface area contributed by atoms with Crippen molar-refractivity contribution in [2.75, 3.05) is 53.6 Å². The van der Waals surface area contributed by atoms with E-state index in [-0.39, 0.29) is 16.5 Å². The molecule has 0 radical (unpaired) electrons. The van der Waals surface area contributed by atoms with E-state index in [4.69, 9.17) is 14.2 Å². The largest absolute Gasteiger partial charge is 0.504 e. The Morgan fingerprint density at radius 3 is 2.71 bits per heavy atom. The number of aromatic hydroxyl groups is 1. The zero-order valence-electron chi connectivity index (χ0n) is 19.2. The molecule has 34 heavy (non-hydrogen) atoms. The molecule has 0 amide bonds. The first-order valence-electron chi connectivity index (χ1n) is 10.9. The van der Waals surface area contributed by atoms with Crippen LogP contribution < -0.4 is 9.47 Å². The fourth-order valence-corrected chi connectivity index (χ4v) is 5.02. The lowest BCUT2D eigenvalue weighted by molar-refractivity contribution is 0.0368. The molecule has 0 aliphatic carbocycles. The molecule has 0 spiro atoms. The maximum Gasteiger partial charge on any atom is 0.285 e. The number of fused-ring (bicyclic) bond motifs is 1. The van der Waals surface area contributed by atoms with Gasteiger partial charge < -0.3 is 19.3 Å². The van der Waals surface area contributed by atoms with Gasteiger partial charge in [0, 0.05) is 31.7 Å². The van der Waals surface area contributed by atoms with E-state index in [1.54, 1.807) is 35.5 Å². The number of ether oxygens (including phenoxy) is 3. The summed E-state index contributed by atoms with van der Waals surface area (Å²) in [7, 11) is -0.838. The molecule has 2 heterocycles. The lowest BCUT2D eigenvalue weighted by Crippen LogP contribution is -2.38. The van der Waals surface area contributed by atoms with Gasteiger partial charge in [-0.1, -0.05) is 0 Å². The maximum absolute atomic E-state index is 12.7. The van der Waals surface area contributed by atoms with E-state index in [1.165, 1.54) is 26.4 Å². The summed E-state index contributed by atoms with van der Waals surface area (Å²) >= 11 is 0. The summed E-state index contributed by atoms with van der Waals surface area (Å²) < 4.78 is 45.3. The Balaban J connectivity index is 1.62. The molecule has 0 atom stereocenters. The molecule has 2 aliphatic heterocycles. The van der Waals surface area contributed by atoms with E-state index in [2.05, 4.69) is 14.4 Å². The van der Waals surface area contributed by atoms with Crippen LogP contribution in [0.4, 0.5) is 0 Å². The van der Waals surface area contributed by atoms with Crippen LogP contribution in [-0.4, -0.2) is 89.1 Å². The minimum Gasteiger partial charge on any atom is -0.504 e. The summed E-state index contributed by atoms with van der Waals surface area (Å²) in [6, 6.07) is 9.61. The molecule has 0 bridgehead atoms. The van der Waals surface area contributed by atoms with Gasteiger partial charge in [-0.05, 0) is 48.4 Å². The molecule has 182 valence electrons. The number of hydrazone groups is 1. The Kier molecular flexibility index (Phi) is 7.35. The Hall–Kier alpha value is -3.15. The van der Waals surface area contributed by atoms with Crippen LogP contribution in [0.3, 0.4) is 0 Å². The molecule has 2 aromatic rings. The van der Waals surface area contributed by atoms with Crippen LogP contribution in [0.1, 0.15) is 17.5 Å². The minimum atomic E-state index is -3.83. The average Bonchev–Trinajstić information content (AvgIpc) is 3.12. The van der Waals surface area contributed by atoms with E-state index in [9.17, 15) is 13.5 Å². The van der Waals surface area contributed by atoms with Gasteiger partial charge in [0.15, 0.2) is 17.3 Å². The Morgan fingerprint density at radius 2 is 1.97 bits per heavy atom. The predicted octanol–water partition coefficient (Wildman–Crippen LogP) is 1.92. The Morgan fingerprint density at radius 1 is 1.18 bits per heavy atom. The van der Waals surface area contributed by atoms with Crippen molar-refractivity contribution in [2.24, 2.45) is 9.50 Å². The SMILES string of the molecule is COc1ccc2c(c1)C(N(CCCN1CCOCC1)/N=C/c1ccc(O)c(OC)c1)=NS2(=O)=O. The van der Waals surface area contributed by atoms with Gasteiger partial charge in [-0.25, -0.2) is 5.01 Å². The molecule has 1 N–H and O–H groups in total. The quantitative estimate of drug-likeness (QED) is 0.443. The molecule has 0 aromatic heterocycles. The molecule has 2 aromatic carbocycles. The Bertz CT molecular complexity index is 1190.